The second kappa shape index (κ2) is 7.89. The molecule has 2 aromatic heterocycles. The molecule has 1 aliphatic carbocycles. The Morgan fingerprint density at radius 1 is 1.16 bits per heavy atom. The van der Waals surface area contributed by atoms with Crippen LogP contribution in [0.5, 0.6) is 0 Å². The van der Waals surface area contributed by atoms with Crippen molar-refractivity contribution < 1.29 is 4.79 Å². The van der Waals surface area contributed by atoms with Gasteiger partial charge in [0.1, 0.15) is 16.9 Å². The van der Waals surface area contributed by atoms with E-state index in [0.717, 1.165) is 41.0 Å². The van der Waals surface area contributed by atoms with Gasteiger partial charge in [-0.25, -0.2) is 9.97 Å². The van der Waals surface area contributed by atoms with E-state index in [0.29, 0.717) is 27.8 Å². The molecule has 7 heteroatoms. The summed E-state index contributed by atoms with van der Waals surface area (Å²) >= 11 is 1.39. The number of aromatic nitrogens is 3. The fourth-order valence-corrected chi connectivity index (χ4v) is 4.12. The third-order valence-corrected chi connectivity index (χ3v) is 6.04. The van der Waals surface area contributed by atoms with Gasteiger partial charge in [0.2, 0.25) is 0 Å². The molecule has 0 radical (unpaired) electrons. The number of amides is 1. The number of para-hydroxylation sites is 2. The number of carbonyl (C=O) groups excluding carboxylic acids is 1. The van der Waals surface area contributed by atoms with Crippen LogP contribution in [-0.4, -0.2) is 27.1 Å². The zero-order chi connectivity index (χ0) is 21.4. The maximum Gasteiger partial charge on any atom is 0.257 e. The summed E-state index contributed by atoms with van der Waals surface area (Å²) in [7, 11) is 0. The van der Waals surface area contributed by atoms with Crippen molar-refractivity contribution in [1.82, 2.24) is 15.0 Å². The van der Waals surface area contributed by atoms with Crippen LogP contribution in [0.1, 0.15) is 40.4 Å². The average Bonchev–Trinajstić information content (AvgIpc) is 3.57. The van der Waals surface area contributed by atoms with Crippen molar-refractivity contribution in [1.29, 1.82) is 5.26 Å². The number of benzene rings is 2. The number of hydrogen-bond donors (Lipinski definition) is 2. The number of H-pyrrole nitrogens is 1. The van der Waals surface area contributed by atoms with Crippen LogP contribution in [0.15, 0.2) is 59.6 Å². The van der Waals surface area contributed by atoms with E-state index < -0.39 is 0 Å². The van der Waals surface area contributed by atoms with E-state index in [1.54, 1.807) is 6.07 Å². The molecule has 2 heterocycles. The van der Waals surface area contributed by atoms with Crippen molar-refractivity contribution in [2.75, 3.05) is 11.6 Å². The number of imidazole rings is 1. The molecular weight excluding hydrogens is 406 g/mol. The topological polar surface area (TPSA) is 94.5 Å². The Kier molecular flexibility index (Phi) is 4.92. The number of nitriles is 1. The van der Waals surface area contributed by atoms with Gasteiger partial charge in [0.15, 0.2) is 0 Å². The molecule has 0 spiro atoms. The molecule has 0 saturated heterocycles. The number of carbonyl (C=O) groups is 1. The highest BCUT2D eigenvalue weighted by Gasteiger charge is 2.28. The molecule has 152 valence electrons. The van der Waals surface area contributed by atoms with Gasteiger partial charge in [-0.15, -0.1) is 11.8 Å². The summed E-state index contributed by atoms with van der Waals surface area (Å²) < 4.78 is 0. The van der Waals surface area contributed by atoms with E-state index in [9.17, 15) is 10.1 Å². The Balaban J connectivity index is 1.40. The van der Waals surface area contributed by atoms with Crippen molar-refractivity contribution >= 4 is 34.4 Å². The standard InChI is InChI=1S/C24H19N5OS/c1-31-24-18(13-25)17(12-21(29-24)14-6-7-14)23(30)26-16-10-8-15(9-11-16)22-27-19-4-2-3-5-20(19)28-22/h2-5,8-12,14H,6-7H2,1H3,(H,26,30)(H,27,28). The first-order valence-corrected chi connectivity index (χ1v) is 11.2. The van der Waals surface area contributed by atoms with Crippen LogP contribution in [0.3, 0.4) is 0 Å². The number of thioether (sulfide) groups is 1. The molecule has 31 heavy (non-hydrogen) atoms. The number of anilines is 1. The molecule has 1 aliphatic rings. The molecule has 1 amide bonds. The van der Waals surface area contributed by atoms with Crippen LogP contribution in [0.25, 0.3) is 22.4 Å². The number of fused-ring (bicyclic) bond motifs is 1. The maximum atomic E-state index is 13.0. The van der Waals surface area contributed by atoms with E-state index >= 15 is 0 Å². The number of nitrogens with zero attached hydrogens (tertiary/aromatic N) is 3. The predicted octanol–water partition coefficient (Wildman–Crippen LogP) is 5.35. The van der Waals surface area contributed by atoms with E-state index in [-0.39, 0.29) is 5.91 Å². The fourth-order valence-electron chi connectivity index (χ4n) is 3.56. The van der Waals surface area contributed by atoms with Crippen LogP contribution in [0, 0.1) is 11.3 Å². The third kappa shape index (κ3) is 3.78. The van der Waals surface area contributed by atoms with Crippen molar-refractivity contribution in [3.05, 3.63) is 71.4 Å². The Bertz CT molecular complexity index is 1300. The quantitative estimate of drug-likeness (QED) is 0.421. The summed E-state index contributed by atoms with van der Waals surface area (Å²) in [4.78, 5) is 25.5. The van der Waals surface area contributed by atoms with Gasteiger partial charge >= 0.3 is 0 Å². The van der Waals surface area contributed by atoms with E-state index in [2.05, 4.69) is 26.3 Å². The smallest absolute Gasteiger partial charge is 0.257 e. The Morgan fingerprint density at radius 2 is 1.94 bits per heavy atom. The highest BCUT2D eigenvalue weighted by Crippen LogP contribution is 2.40. The van der Waals surface area contributed by atoms with Crippen molar-refractivity contribution in [2.45, 2.75) is 23.8 Å². The lowest BCUT2D eigenvalue weighted by Gasteiger charge is -2.11. The van der Waals surface area contributed by atoms with Crippen molar-refractivity contribution in [3.8, 4) is 17.5 Å². The largest absolute Gasteiger partial charge is 0.338 e. The average molecular weight is 426 g/mol. The zero-order valence-corrected chi connectivity index (χ0v) is 17.7. The minimum Gasteiger partial charge on any atom is -0.338 e. The fraction of sp³-hybridized carbons (Fsp3) is 0.167. The SMILES string of the molecule is CSc1nc(C2CC2)cc(C(=O)Nc2ccc(-c3nc4ccccc4[nH]3)cc2)c1C#N. The van der Waals surface area contributed by atoms with Crippen LogP contribution in [0.2, 0.25) is 0 Å². The molecule has 6 nitrogen and oxygen atoms in total. The first-order chi connectivity index (χ1) is 15.2. The highest BCUT2D eigenvalue weighted by atomic mass is 32.2. The lowest BCUT2D eigenvalue weighted by molar-refractivity contribution is 0.102. The predicted molar refractivity (Wildman–Crippen MR) is 122 cm³/mol. The van der Waals surface area contributed by atoms with Gasteiger partial charge in [-0.05, 0) is 61.6 Å². The Labute approximate surface area is 183 Å². The van der Waals surface area contributed by atoms with Crippen LogP contribution < -0.4 is 5.32 Å². The lowest BCUT2D eigenvalue weighted by Crippen LogP contribution is -2.15. The van der Waals surface area contributed by atoms with Crippen LogP contribution in [0.4, 0.5) is 5.69 Å². The Hall–Kier alpha value is -3.63. The molecular formula is C24H19N5OS. The number of aromatic amines is 1. The van der Waals surface area contributed by atoms with Gasteiger partial charge in [0.25, 0.3) is 5.91 Å². The molecule has 0 unspecified atom stereocenters. The molecule has 1 saturated carbocycles. The first-order valence-electron chi connectivity index (χ1n) is 10.0. The highest BCUT2D eigenvalue weighted by molar-refractivity contribution is 7.98. The van der Waals surface area contributed by atoms with Crippen LogP contribution in [-0.2, 0) is 0 Å². The van der Waals surface area contributed by atoms with Gasteiger partial charge in [-0.1, -0.05) is 12.1 Å². The summed E-state index contributed by atoms with van der Waals surface area (Å²) in [6, 6.07) is 19.3. The van der Waals surface area contributed by atoms with Crippen molar-refractivity contribution in [3.63, 3.8) is 0 Å². The second-order valence-corrected chi connectivity index (χ2v) is 8.29. The molecule has 5 rings (SSSR count). The van der Waals surface area contributed by atoms with Gasteiger partial charge in [0, 0.05) is 22.9 Å². The van der Waals surface area contributed by atoms with Gasteiger partial charge in [-0.3, -0.25) is 4.79 Å². The third-order valence-electron chi connectivity index (χ3n) is 5.36. The zero-order valence-electron chi connectivity index (χ0n) is 16.8. The van der Waals surface area contributed by atoms with E-state index in [1.807, 2.05) is 54.8 Å². The molecule has 0 atom stereocenters. The minimum absolute atomic E-state index is 0.298. The molecule has 0 bridgehead atoms. The van der Waals surface area contributed by atoms with Crippen molar-refractivity contribution in [2.24, 2.45) is 0 Å². The second-order valence-electron chi connectivity index (χ2n) is 7.50. The van der Waals surface area contributed by atoms with Gasteiger partial charge < -0.3 is 10.3 Å². The lowest BCUT2D eigenvalue weighted by atomic mass is 10.1. The number of rotatable bonds is 5. The molecule has 1 fully saturated rings. The van der Waals surface area contributed by atoms with Gasteiger partial charge in [0.05, 0.1) is 22.2 Å². The summed E-state index contributed by atoms with van der Waals surface area (Å²) in [6.45, 7) is 0. The van der Waals surface area contributed by atoms with Gasteiger partial charge in [-0.2, -0.15) is 5.26 Å². The first kappa shape index (κ1) is 19.3. The maximum absolute atomic E-state index is 13.0. The summed E-state index contributed by atoms with van der Waals surface area (Å²) in [5, 5.41) is 13.1. The molecule has 0 aliphatic heterocycles. The molecule has 2 aromatic carbocycles. The molecule has 2 N–H and O–H groups in total. The minimum atomic E-state index is -0.298. The number of nitrogens with one attached hydrogen (secondary N) is 2. The monoisotopic (exact) mass is 425 g/mol. The van der Waals surface area contributed by atoms with E-state index in [1.165, 1.54) is 11.8 Å². The number of hydrogen-bond acceptors (Lipinski definition) is 5. The van der Waals surface area contributed by atoms with Crippen LogP contribution >= 0.6 is 11.8 Å². The number of pyridine rings is 1. The summed E-state index contributed by atoms with van der Waals surface area (Å²) in [5.41, 5.74) is 5.08. The Morgan fingerprint density at radius 3 is 2.61 bits per heavy atom. The summed E-state index contributed by atoms with van der Waals surface area (Å²) in [6.07, 6.45) is 4.03. The summed E-state index contributed by atoms with van der Waals surface area (Å²) in [5.74, 6) is 0.875. The van der Waals surface area contributed by atoms with E-state index in [4.69, 9.17) is 0 Å². The normalized spacial score (nSPS) is 13.2. The molecule has 4 aromatic rings.